The van der Waals surface area contributed by atoms with Crippen LogP contribution in [0.25, 0.3) is 10.8 Å². The Kier molecular flexibility index (Phi) is 5.15. The van der Waals surface area contributed by atoms with Crippen molar-refractivity contribution in [3.8, 4) is 5.75 Å². The predicted octanol–water partition coefficient (Wildman–Crippen LogP) is 1.41. The van der Waals surface area contributed by atoms with E-state index in [1.54, 1.807) is 29.0 Å². The van der Waals surface area contributed by atoms with E-state index in [0.717, 1.165) is 5.39 Å². The first-order valence-electron chi connectivity index (χ1n) is 6.71. The lowest BCUT2D eigenvalue weighted by Crippen LogP contribution is -2.22. The number of aromatic nitrogens is 1. The third-order valence-corrected chi connectivity index (χ3v) is 3.01. The van der Waals surface area contributed by atoms with Gasteiger partial charge in [-0.05, 0) is 25.1 Å². The zero-order valence-corrected chi connectivity index (χ0v) is 11.5. The van der Waals surface area contributed by atoms with Gasteiger partial charge in [-0.3, -0.25) is 4.79 Å². The average Bonchev–Trinajstić information content (AvgIpc) is 2.48. The Hall–Kier alpha value is -1.85. The van der Waals surface area contributed by atoms with Crippen molar-refractivity contribution >= 4 is 10.8 Å². The molecule has 2 aromatic rings. The Morgan fingerprint density at radius 1 is 1.20 bits per heavy atom. The Bertz CT molecular complexity index is 621. The molecule has 0 radical (unpaired) electrons. The highest BCUT2D eigenvalue weighted by atomic mass is 16.5. The van der Waals surface area contributed by atoms with Gasteiger partial charge in [-0.15, -0.1) is 0 Å². The fourth-order valence-electron chi connectivity index (χ4n) is 2.05. The van der Waals surface area contributed by atoms with Gasteiger partial charge in [-0.2, -0.15) is 0 Å². The van der Waals surface area contributed by atoms with Crippen LogP contribution in [0.5, 0.6) is 5.75 Å². The van der Waals surface area contributed by atoms with Crippen molar-refractivity contribution < 1.29 is 14.6 Å². The molecule has 0 bridgehead atoms. The topological polar surface area (TPSA) is 60.7 Å². The first-order chi connectivity index (χ1) is 9.77. The number of ether oxygens (including phenoxy) is 2. The van der Waals surface area contributed by atoms with E-state index in [9.17, 15) is 4.79 Å². The van der Waals surface area contributed by atoms with Crippen LogP contribution in [0.15, 0.2) is 35.3 Å². The van der Waals surface area contributed by atoms with E-state index < -0.39 is 0 Å². The normalized spacial score (nSPS) is 10.9. The lowest BCUT2D eigenvalue weighted by Gasteiger charge is -2.10. The van der Waals surface area contributed by atoms with Gasteiger partial charge in [-0.25, -0.2) is 0 Å². The molecule has 2 rings (SSSR count). The maximum absolute atomic E-state index is 12.4. The largest absolute Gasteiger partial charge is 0.491 e. The van der Waals surface area contributed by atoms with Crippen LogP contribution in [0.1, 0.15) is 6.92 Å². The smallest absolute Gasteiger partial charge is 0.258 e. The molecule has 0 amide bonds. The van der Waals surface area contributed by atoms with Crippen LogP contribution in [0.3, 0.4) is 0 Å². The summed E-state index contributed by atoms with van der Waals surface area (Å²) < 4.78 is 12.3. The van der Waals surface area contributed by atoms with Gasteiger partial charge in [0.1, 0.15) is 12.4 Å². The molecule has 0 unspecified atom stereocenters. The van der Waals surface area contributed by atoms with Gasteiger partial charge < -0.3 is 19.1 Å². The van der Waals surface area contributed by atoms with Crippen LogP contribution >= 0.6 is 0 Å². The highest BCUT2D eigenvalue weighted by molar-refractivity contribution is 5.87. The molecule has 108 valence electrons. The van der Waals surface area contributed by atoms with Crippen LogP contribution in [-0.2, 0) is 11.3 Å². The molecule has 0 saturated carbocycles. The predicted molar refractivity (Wildman–Crippen MR) is 77.3 cm³/mol. The Morgan fingerprint density at radius 3 is 2.80 bits per heavy atom. The van der Waals surface area contributed by atoms with E-state index in [-0.39, 0.29) is 18.8 Å². The van der Waals surface area contributed by atoms with Crippen molar-refractivity contribution in [2.75, 3.05) is 26.4 Å². The number of hydrogen-bond acceptors (Lipinski definition) is 4. The molecule has 1 N–H and O–H groups in total. The summed E-state index contributed by atoms with van der Waals surface area (Å²) in [5.74, 6) is 0.616. The van der Waals surface area contributed by atoms with Gasteiger partial charge in [-0.1, -0.05) is 6.07 Å². The zero-order chi connectivity index (χ0) is 14.4. The van der Waals surface area contributed by atoms with Crippen molar-refractivity contribution in [2.24, 2.45) is 0 Å². The molecule has 0 aliphatic carbocycles. The van der Waals surface area contributed by atoms with E-state index in [1.807, 2.05) is 13.0 Å². The molecule has 0 saturated heterocycles. The number of rotatable bonds is 7. The van der Waals surface area contributed by atoms with E-state index in [4.69, 9.17) is 14.6 Å². The summed E-state index contributed by atoms with van der Waals surface area (Å²) in [6.07, 6.45) is 1.75. The maximum Gasteiger partial charge on any atom is 0.258 e. The standard InChI is InChI=1S/C15H19NO4/c1-2-19-10-8-16-7-6-12-13(15(16)18)4-3-5-14(12)20-11-9-17/h3-7,17H,2,8-11H2,1H3. The second kappa shape index (κ2) is 7.07. The Labute approximate surface area is 117 Å². The number of fused-ring (bicyclic) bond motifs is 1. The lowest BCUT2D eigenvalue weighted by molar-refractivity contribution is 0.138. The van der Waals surface area contributed by atoms with Crippen LogP contribution in [0.4, 0.5) is 0 Å². The number of nitrogens with zero attached hydrogens (tertiary/aromatic N) is 1. The number of hydrogen-bond donors (Lipinski definition) is 1. The quantitative estimate of drug-likeness (QED) is 0.777. The molecule has 0 aliphatic rings. The third-order valence-electron chi connectivity index (χ3n) is 3.01. The summed E-state index contributed by atoms with van der Waals surface area (Å²) in [5.41, 5.74) is -0.0587. The molecule has 0 fully saturated rings. The number of aliphatic hydroxyl groups is 1. The molecular formula is C15H19NO4. The first-order valence-corrected chi connectivity index (χ1v) is 6.71. The SMILES string of the molecule is CCOCCn1ccc2c(OCCO)cccc2c1=O. The van der Waals surface area contributed by atoms with Gasteiger partial charge in [0.05, 0.1) is 18.6 Å². The molecule has 20 heavy (non-hydrogen) atoms. The van der Waals surface area contributed by atoms with Crippen molar-refractivity contribution in [2.45, 2.75) is 13.5 Å². The fraction of sp³-hybridized carbons (Fsp3) is 0.400. The molecule has 0 aliphatic heterocycles. The van der Waals surface area contributed by atoms with E-state index in [0.29, 0.717) is 30.9 Å². The molecular weight excluding hydrogens is 258 g/mol. The minimum atomic E-state index is -0.0587. The maximum atomic E-state index is 12.4. The molecule has 0 atom stereocenters. The van der Waals surface area contributed by atoms with Crippen molar-refractivity contribution in [1.82, 2.24) is 4.57 Å². The summed E-state index contributed by atoms with van der Waals surface area (Å²) in [4.78, 5) is 12.4. The summed E-state index contributed by atoms with van der Waals surface area (Å²) >= 11 is 0. The van der Waals surface area contributed by atoms with Gasteiger partial charge >= 0.3 is 0 Å². The van der Waals surface area contributed by atoms with E-state index in [2.05, 4.69) is 0 Å². The number of aliphatic hydroxyl groups excluding tert-OH is 1. The molecule has 0 spiro atoms. The van der Waals surface area contributed by atoms with Crippen LogP contribution < -0.4 is 10.3 Å². The first kappa shape index (κ1) is 14.6. The minimum absolute atomic E-state index is 0.0538. The third kappa shape index (κ3) is 3.18. The van der Waals surface area contributed by atoms with Gasteiger partial charge in [0.25, 0.3) is 5.56 Å². The van der Waals surface area contributed by atoms with Crippen molar-refractivity contribution in [3.63, 3.8) is 0 Å². The number of pyridine rings is 1. The average molecular weight is 277 g/mol. The molecule has 1 aromatic heterocycles. The molecule has 1 aromatic carbocycles. The Morgan fingerprint density at radius 2 is 2.05 bits per heavy atom. The van der Waals surface area contributed by atoms with Gasteiger partial charge in [0, 0.05) is 24.7 Å². The summed E-state index contributed by atoms with van der Waals surface area (Å²) in [5, 5.41) is 10.2. The van der Waals surface area contributed by atoms with Gasteiger partial charge in [0.15, 0.2) is 0 Å². The molecule has 5 heteroatoms. The highest BCUT2D eigenvalue weighted by Crippen LogP contribution is 2.22. The van der Waals surface area contributed by atoms with Crippen LogP contribution in [0.2, 0.25) is 0 Å². The van der Waals surface area contributed by atoms with Crippen LogP contribution in [-0.4, -0.2) is 36.1 Å². The monoisotopic (exact) mass is 277 g/mol. The van der Waals surface area contributed by atoms with E-state index in [1.165, 1.54) is 0 Å². The molecule has 1 heterocycles. The Balaban J connectivity index is 2.33. The number of benzene rings is 1. The lowest BCUT2D eigenvalue weighted by atomic mass is 10.1. The van der Waals surface area contributed by atoms with E-state index >= 15 is 0 Å². The zero-order valence-electron chi connectivity index (χ0n) is 11.5. The van der Waals surface area contributed by atoms with Gasteiger partial charge in [0.2, 0.25) is 0 Å². The second-order valence-corrected chi connectivity index (χ2v) is 4.30. The second-order valence-electron chi connectivity index (χ2n) is 4.30. The fourth-order valence-corrected chi connectivity index (χ4v) is 2.05. The summed E-state index contributed by atoms with van der Waals surface area (Å²) in [6, 6.07) is 7.21. The van der Waals surface area contributed by atoms with Crippen molar-refractivity contribution in [1.29, 1.82) is 0 Å². The summed E-state index contributed by atoms with van der Waals surface area (Å²) in [7, 11) is 0. The molecule has 5 nitrogen and oxygen atoms in total. The minimum Gasteiger partial charge on any atom is -0.491 e. The van der Waals surface area contributed by atoms with Crippen molar-refractivity contribution in [3.05, 3.63) is 40.8 Å². The van der Waals surface area contributed by atoms with Crippen LogP contribution in [0, 0.1) is 0 Å². The summed E-state index contributed by atoms with van der Waals surface area (Å²) in [6.45, 7) is 3.77. The highest BCUT2D eigenvalue weighted by Gasteiger charge is 2.07.